The molecule has 0 aliphatic carbocycles. The molecule has 3 aromatic rings. The number of benzene rings is 2. The number of aromatic nitrogens is 1. The smallest absolute Gasteiger partial charge is 0.282 e. The molecule has 1 aliphatic rings. The SMILES string of the molecule is Nc1ccc(/C=C/C(=O)NCCOc2cc(Cl)cc(-c3ccc(C(=O)N4CC(F)(F)C4)cc3)c2)cn1. The standard InChI is InChI=1S/C26H23ClF2N4O3/c27-21-11-20(18-3-5-19(6-4-18)25(35)33-15-26(28,29)16-33)12-22(13-21)36-10-9-31-24(34)8-2-17-1-7-23(30)32-14-17/h1-8,11-14H,9-10,15-16H2,(H2,30,32)(H,31,34)/b8-2+. The van der Waals surface area contributed by atoms with E-state index in [0.29, 0.717) is 22.2 Å². The van der Waals surface area contributed by atoms with E-state index in [-0.39, 0.29) is 19.1 Å². The number of carbonyl (C=O) groups excluding carboxylic acids is 2. The van der Waals surface area contributed by atoms with Crippen LogP contribution >= 0.6 is 11.6 Å². The van der Waals surface area contributed by atoms with Crippen molar-refractivity contribution in [3.63, 3.8) is 0 Å². The number of nitrogens with one attached hydrogen (secondary N) is 1. The third kappa shape index (κ3) is 6.57. The van der Waals surface area contributed by atoms with Gasteiger partial charge in [0, 0.05) is 22.9 Å². The number of ether oxygens (including phenoxy) is 1. The molecule has 2 amide bonds. The highest BCUT2D eigenvalue weighted by Crippen LogP contribution is 2.31. The molecule has 1 aromatic heterocycles. The van der Waals surface area contributed by atoms with Crippen LogP contribution in [0.5, 0.6) is 5.75 Å². The molecule has 3 N–H and O–H groups in total. The molecule has 2 aromatic carbocycles. The first-order valence-corrected chi connectivity index (χ1v) is 11.4. The van der Waals surface area contributed by atoms with Crippen molar-refractivity contribution in [2.24, 2.45) is 0 Å². The van der Waals surface area contributed by atoms with Gasteiger partial charge in [0.25, 0.3) is 11.8 Å². The largest absolute Gasteiger partial charge is 0.492 e. The second-order valence-corrected chi connectivity index (χ2v) is 8.70. The highest BCUT2D eigenvalue weighted by molar-refractivity contribution is 6.31. The Labute approximate surface area is 211 Å². The first-order valence-electron chi connectivity index (χ1n) is 11.1. The Bertz CT molecular complexity index is 1270. The predicted octanol–water partition coefficient (Wildman–Crippen LogP) is 4.28. The maximum absolute atomic E-state index is 13.0. The summed E-state index contributed by atoms with van der Waals surface area (Å²) in [7, 11) is 0. The van der Waals surface area contributed by atoms with Gasteiger partial charge in [-0.05, 0) is 65.2 Å². The quantitative estimate of drug-likeness (QED) is 0.347. The van der Waals surface area contributed by atoms with Gasteiger partial charge in [0.05, 0.1) is 19.6 Å². The highest BCUT2D eigenvalue weighted by Gasteiger charge is 2.46. The number of nitrogen functional groups attached to an aromatic ring is 1. The van der Waals surface area contributed by atoms with Crippen LogP contribution in [0.2, 0.25) is 5.02 Å². The first kappa shape index (κ1) is 25.1. The minimum Gasteiger partial charge on any atom is -0.492 e. The van der Waals surface area contributed by atoms with E-state index in [9.17, 15) is 18.4 Å². The number of carbonyl (C=O) groups is 2. The van der Waals surface area contributed by atoms with Gasteiger partial charge in [-0.1, -0.05) is 23.7 Å². The Balaban J connectivity index is 1.29. The fourth-order valence-corrected chi connectivity index (χ4v) is 3.77. The summed E-state index contributed by atoms with van der Waals surface area (Å²) < 4.78 is 31.8. The second kappa shape index (κ2) is 10.7. The third-order valence-electron chi connectivity index (χ3n) is 5.37. The van der Waals surface area contributed by atoms with Gasteiger partial charge in [-0.2, -0.15) is 0 Å². The number of likely N-dealkylation sites (tertiary alicyclic amines) is 1. The molecule has 1 saturated heterocycles. The van der Waals surface area contributed by atoms with E-state index in [2.05, 4.69) is 10.3 Å². The number of pyridine rings is 1. The molecule has 10 heteroatoms. The lowest BCUT2D eigenvalue weighted by Crippen LogP contribution is -2.58. The van der Waals surface area contributed by atoms with Gasteiger partial charge in [-0.25, -0.2) is 13.8 Å². The maximum atomic E-state index is 13.0. The minimum absolute atomic E-state index is 0.219. The summed E-state index contributed by atoms with van der Waals surface area (Å²) in [6.07, 6.45) is 4.59. The van der Waals surface area contributed by atoms with Crippen molar-refractivity contribution in [2.75, 3.05) is 32.0 Å². The number of halogens is 3. The Morgan fingerprint density at radius 3 is 2.53 bits per heavy atom. The molecule has 0 atom stereocenters. The molecule has 1 fully saturated rings. The molecule has 0 radical (unpaired) electrons. The van der Waals surface area contributed by atoms with Crippen LogP contribution < -0.4 is 15.8 Å². The van der Waals surface area contributed by atoms with Gasteiger partial charge in [-0.15, -0.1) is 0 Å². The maximum Gasteiger partial charge on any atom is 0.282 e. The molecule has 4 rings (SSSR count). The Hall–Kier alpha value is -3.98. The van der Waals surface area contributed by atoms with Gasteiger partial charge in [0.1, 0.15) is 18.2 Å². The number of hydrogen-bond acceptors (Lipinski definition) is 5. The Morgan fingerprint density at radius 2 is 1.86 bits per heavy atom. The fourth-order valence-electron chi connectivity index (χ4n) is 3.55. The Morgan fingerprint density at radius 1 is 1.11 bits per heavy atom. The molecule has 186 valence electrons. The summed E-state index contributed by atoms with van der Waals surface area (Å²) in [5.74, 6) is -2.59. The molecule has 36 heavy (non-hydrogen) atoms. The zero-order valence-electron chi connectivity index (χ0n) is 19.1. The lowest BCUT2D eigenvalue weighted by Gasteiger charge is -2.38. The van der Waals surface area contributed by atoms with Crippen molar-refractivity contribution < 1.29 is 23.1 Å². The van der Waals surface area contributed by atoms with Crippen LogP contribution in [0.3, 0.4) is 0 Å². The van der Waals surface area contributed by atoms with Gasteiger partial charge < -0.3 is 20.7 Å². The van der Waals surface area contributed by atoms with Crippen LogP contribution in [0.25, 0.3) is 17.2 Å². The van der Waals surface area contributed by atoms with Crippen LogP contribution in [0.4, 0.5) is 14.6 Å². The van der Waals surface area contributed by atoms with Gasteiger partial charge in [-0.3, -0.25) is 9.59 Å². The van der Waals surface area contributed by atoms with Gasteiger partial charge in [0.15, 0.2) is 0 Å². The van der Waals surface area contributed by atoms with Gasteiger partial charge >= 0.3 is 0 Å². The highest BCUT2D eigenvalue weighted by atomic mass is 35.5. The Kier molecular flexibility index (Phi) is 7.49. The number of nitrogens with two attached hydrogens (primary N) is 1. The summed E-state index contributed by atoms with van der Waals surface area (Å²) in [5, 5.41) is 3.18. The summed E-state index contributed by atoms with van der Waals surface area (Å²) in [6.45, 7) is -0.618. The van der Waals surface area contributed by atoms with E-state index in [4.69, 9.17) is 22.1 Å². The lowest BCUT2D eigenvalue weighted by molar-refractivity contribution is -0.116. The number of hydrogen-bond donors (Lipinski definition) is 2. The summed E-state index contributed by atoms with van der Waals surface area (Å²) in [6, 6.07) is 15.2. The van der Waals surface area contributed by atoms with Gasteiger partial charge in [0.2, 0.25) is 5.91 Å². The lowest BCUT2D eigenvalue weighted by atomic mass is 10.0. The van der Waals surface area contributed by atoms with E-state index in [0.717, 1.165) is 21.6 Å². The van der Waals surface area contributed by atoms with Crippen molar-refractivity contribution in [3.05, 3.63) is 83.0 Å². The van der Waals surface area contributed by atoms with Crippen molar-refractivity contribution in [2.45, 2.75) is 5.92 Å². The third-order valence-corrected chi connectivity index (χ3v) is 5.59. The van der Waals surface area contributed by atoms with E-state index >= 15 is 0 Å². The second-order valence-electron chi connectivity index (χ2n) is 8.26. The van der Waals surface area contributed by atoms with E-state index < -0.39 is 24.9 Å². The summed E-state index contributed by atoms with van der Waals surface area (Å²) in [5.41, 5.74) is 8.16. The summed E-state index contributed by atoms with van der Waals surface area (Å²) in [4.78, 5) is 29.3. The van der Waals surface area contributed by atoms with E-state index in [1.54, 1.807) is 66.9 Å². The van der Waals surface area contributed by atoms with Crippen molar-refractivity contribution in [3.8, 4) is 16.9 Å². The predicted molar refractivity (Wildman–Crippen MR) is 134 cm³/mol. The normalized spacial score (nSPS) is 14.4. The molecular weight excluding hydrogens is 490 g/mol. The zero-order valence-corrected chi connectivity index (χ0v) is 19.8. The molecule has 0 saturated carbocycles. The first-order chi connectivity index (χ1) is 17.2. The number of nitrogens with zero attached hydrogens (tertiary/aromatic N) is 2. The van der Waals surface area contributed by atoms with Crippen LogP contribution in [0.15, 0.2) is 66.9 Å². The molecule has 2 heterocycles. The number of rotatable bonds is 8. The van der Waals surface area contributed by atoms with Crippen LogP contribution in [0.1, 0.15) is 15.9 Å². The molecule has 1 aliphatic heterocycles. The van der Waals surface area contributed by atoms with E-state index in [1.165, 1.54) is 6.08 Å². The number of anilines is 1. The molecule has 0 unspecified atom stereocenters. The van der Waals surface area contributed by atoms with Crippen LogP contribution in [0, 0.1) is 0 Å². The molecule has 7 nitrogen and oxygen atoms in total. The van der Waals surface area contributed by atoms with Crippen molar-refractivity contribution in [1.82, 2.24) is 15.2 Å². The minimum atomic E-state index is -2.80. The van der Waals surface area contributed by atoms with E-state index in [1.807, 2.05) is 0 Å². The van der Waals surface area contributed by atoms with Crippen LogP contribution in [-0.2, 0) is 4.79 Å². The van der Waals surface area contributed by atoms with Crippen LogP contribution in [-0.4, -0.2) is 53.9 Å². The number of alkyl halides is 2. The van der Waals surface area contributed by atoms with Crippen molar-refractivity contribution in [1.29, 1.82) is 0 Å². The van der Waals surface area contributed by atoms with Crippen molar-refractivity contribution >= 4 is 35.3 Å². The average molecular weight is 513 g/mol. The average Bonchev–Trinajstić information content (AvgIpc) is 2.84. The molecule has 0 bridgehead atoms. The molecular formula is C26H23ClF2N4O3. The number of amides is 2. The summed E-state index contributed by atoms with van der Waals surface area (Å²) >= 11 is 6.25. The monoisotopic (exact) mass is 512 g/mol. The fraction of sp³-hybridized carbons (Fsp3) is 0.192. The topological polar surface area (TPSA) is 97.6 Å². The zero-order chi connectivity index (χ0) is 25.7. The molecule has 0 spiro atoms.